The first kappa shape index (κ1) is 28.0. The number of nitrogens with zero attached hydrogens (tertiary/aromatic N) is 1. The van der Waals surface area contributed by atoms with Crippen LogP contribution >= 0.6 is 0 Å². The van der Waals surface area contributed by atoms with Crippen LogP contribution in [0.4, 0.5) is 0 Å². The summed E-state index contributed by atoms with van der Waals surface area (Å²) in [5, 5.41) is 10.9. The van der Waals surface area contributed by atoms with Crippen molar-refractivity contribution in [2.24, 2.45) is 0 Å². The average molecular weight is 532 g/mol. The lowest BCUT2D eigenvalue weighted by Gasteiger charge is -2.45. The fourth-order valence-electron chi connectivity index (χ4n) is 5.63. The molecular formula is C33H41NO5. The number of hydrogen-bond donors (Lipinski definition) is 1. The van der Waals surface area contributed by atoms with Crippen LogP contribution in [0.5, 0.6) is 0 Å². The molecule has 39 heavy (non-hydrogen) atoms. The smallest absolute Gasteiger partial charge is 0.163 e. The zero-order chi connectivity index (χ0) is 27.1. The van der Waals surface area contributed by atoms with Crippen LogP contribution in [0.3, 0.4) is 0 Å². The van der Waals surface area contributed by atoms with Crippen molar-refractivity contribution in [2.75, 3.05) is 13.2 Å². The summed E-state index contributed by atoms with van der Waals surface area (Å²) < 4.78 is 25.9. The molecule has 2 saturated heterocycles. The van der Waals surface area contributed by atoms with E-state index < -0.39 is 18.0 Å². The molecule has 5 rings (SSSR count). The Morgan fingerprint density at radius 3 is 1.90 bits per heavy atom. The fraction of sp³-hybridized carbons (Fsp3) is 0.455. The monoisotopic (exact) mass is 531 g/mol. The van der Waals surface area contributed by atoms with Crippen LogP contribution in [0, 0.1) is 0 Å². The zero-order valence-electron chi connectivity index (χ0n) is 23.0. The molecule has 0 unspecified atom stereocenters. The second-order valence-electron chi connectivity index (χ2n) is 11.1. The van der Waals surface area contributed by atoms with Crippen LogP contribution in [0.15, 0.2) is 91.0 Å². The van der Waals surface area contributed by atoms with Crippen LogP contribution in [-0.2, 0) is 38.7 Å². The highest BCUT2D eigenvalue weighted by Crippen LogP contribution is 2.33. The van der Waals surface area contributed by atoms with E-state index in [9.17, 15) is 5.11 Å². The summed E-state index contributed by atoms with van der Waals surface area (Å²) >= 11 is 0. The van der Waals surface area contributed by atoms with Gasteiger partial charge in [-0.25, -0.2) is 0 Å². The second-order valence-corrected chi connectivity index (χ2v) is 11.1. The van der Waals surface area contributed by atoms with E-state index in [4.69, 9.17) is 18.9 Å². The molecule has 6 heteroatoms. The lowest BCUT2D eigenvalue weighted by molar-refractivity contribution is -0.194. The number of aliphatic hydroxyl groups excluding tert-OH is 1. The Kier molecular flexibility index (Phi) is 9.45. The highest BCUT2D eigenvalue weighted by molar-refractivity contribution is 5.16. The van der Waals surface area contributed by atoms with Crippen LogP contribution in [0.2, 0.25) is 0 Å². The predicted molar refractivity (Wildman–Crippen MR) is 151 cm³/mol. The maximum Gasteiger partial charge on any atom is 0.163 e. The fourth-order valence-corrected chi connectivity index (χ4v) is 5.63. The van der Waals surface area contributed by atoms with Crippen LogP contribution in [0.25, 0.3) is 0 Å². The summed E-state index contributed by atoms with van der Waals surface area (Å²) in [6, 6.07) is 30.8. The molecule has 0 aromatic heterocycles. The first-order valence-corrected chi connectivity index (χ1v) is 14.1. The van der Waals surface area contributed by atoms with Gasteiger partial charge in [0, 0.05) is 19.1 Å². The molecule has 208 valence electrons. The Morgan fingerprint density at radius 2 is 1.36 bits per heavy atom. The first-order chi connectivity index (χ1) is 19.0. The summed E-state index contributed by atoms with van der Waals surface area (Å²) in [6.07, 6.45) is -0.104. The zero-order valence-corrected chi connectivity index (χ0v) is 23.0. The topological polar surface area (TPSA) is 60.4 Å². The molecule has 1 N–H and O–H groups in total. The molecular weight excluding hydrogens is 490 g/mol. The lowest BCUT2D eigenvalue weighted by Crippen LogP contribution is -2.57. The largest absolute Gasteiger partial charge is 0.393 e. The third-order valence-electron chi connectivity index (χ3n) is 7.63. The van der Waals surface area contributed by atoms with Gasteiger partial charge in [0.05, 0.1) is 25.9 Å². The average Bonchev–Trinajstić information content (AvgIpc) is 3.32. The number of piperidine rings is 1. The highest BCUT2D eigenvalue weighted by Gasteiger charge is 2.46. The van der Waals surface area contributed by atoms with E-state index in [1.54, 1.807) is 0 Å². The van der Waals surface area contributed by atoms with Crippen LogP contribution in [0.1, 0.15) is 43.4 Å². The number of ether oxygens (including phenoxy) is 4. The van der Waals surface area contributed by atoms with Gasteiger partial charge in [-0.3, -0.25) is 4.90 Å². The molecule has 2 fully saturated rings. The van der Waals surface area contributed by atoms with Gasteiger partial charge in [-0.2, -0.15) is 0 Å². The molecule has 2 heterocycles. The number of likely N-dealkylation sites (tertiary alicyclic amines) is 1. The van der Waals surface area contributed by atoms with Crippen molar-refractivity contribution in [3.05, 3.63) is 108 Å². The summed E-state index contributed by atoms with van der Waals surface area (Å²) in [5.41, 5.74) is 3.43. The lowest BCUT2D eigenvalue weighted by atomic mass is 9.89. The molecule has 3 aromatic carbocycles. The van der Waals surface area contributed by atoms with E-state index in [1.165, 1.54) is 5.56 Å². The maximum absolute atomic E-state index is 10.9. The molecule has 2 aliphatic heterocycles. The van der Waals surface area contributed by atoms with Crippen LogP contribution in [-0.4, -0.2) is 59.4 Å². The van der Waals surface area contributed by atoms with E-state index >= 15 is 0 Å². The van der Waals surface area contributed by atoms with Crippen molar-refractivity contribution in [1.82, 2.24) is 4.90 Å². The van der Waals surface area contributed by atoms with Crippen molar-refractivity contribution < 1.29 is 24.1 Å². The minimum atomic E-state index is -0.696. The summed E-state index contributed by atoms with van der Waals surface area (Å²) in [4.78, 5) is 2.44. The van der Waals surface area contributed by atoms with E-state index in [0.29, 0.717) is 26.2 Å². The Hall–Kier alpha value is -2.58. The van der Waals surface area contributed by atoms with E-state index in [-0.39, 0.29) is 18.2 Å². The minimum Gasteiger partial charge on any atom is -0.393 e. The Labute approximate surface area is 232 Å². The third kappa shape index (κ3) is 7.76. The summed E-state index contributed by atoms with van der Waals surface area (Å²) in [5.74, 6) is -0.696. The number of benzene rings is 3. The van der Waals surface area contributed by atoms with Crippen molar-refractivity contribution in [3.63, 3.8) is 0 Å². The Balaban J connectivity index is 1.46. The van der Waals surface area contributed by atoms with Crippen molar-refractivity contribution in [2.45, 2.75) is 82.7 Å². The maximum atomic E-state index is 10.9. The van der Waals surface area contributed by atoms with Gasteiger partial charge >= 0.3 is 0 Å². The molecule has 2 aliphatic rings. The molecule has 3 aromatic rings. The van der Waals surface area contributed by atoms with Gasteiger partial charge in [0.1, 0.15) is 18.3 Å². The molecule has 0 radical (unpaired) electrons. The van der Waals surface area contributed by atoms with E-state index in [0.717, 1.165) is 30.6 Å². The quantitative estimate of drug-likeness (QED) is 0.361. The van der Waals surface area contributed by atoms with Crippen molar-refractivity contribution in [3.8, 4) is 0 Å². The van der Waals surface area contributed by atoms with E-state index in [2.05, 4.69) is 53.4 Å². The van der Waals surface area contributed by atoms with Gasteiger partial charge in [-0.1, -0.05) is 91.0 Å². The van der Waals surface area contributed by atoms with Gasteiger partial charge in [0.25, 0.3) is 0 Å². The first-order valence-electron chi connectivity index (χ1n) is 14.1. The van der Waals surface area contributed by atoms with Gasteiger partial charge in [0.2, 0.25) is 0 Å². The molecule has 0 spiro atoms. The Bertz CT molecular complexity index is 1130. The van der Waals surface area contributed by atoms with Gasteiger partial charge < -0.3 is 24.1 Å². The third-order valence-corrected chi connectivity index (χ3v) is 7.63. The SMILES string of the molecule is CC1(C)OC[C@H]([C@@H](OCc2ccccc2)[C@@H](OCc2ccccc2)[C@H]2C[C@@H](O)CCN2Cc2ccccc2)O1. The van der Waals surface area contributed by atoms with Crippen LogP contribution < -0.4 is 0 Å². The molecule has 5 atom stereocenters. The molecule has 0 amide bonds. The van der Waals surface area contributed by atoms with E-state index in [1.807, 2.05) is 56.3 Å². The number of rotatable bonds is 11. The summed E-state index contributed by atoms with van der Waals surface area (Å²) in [6.45, 7) is 6.74. The molecule has 0 saturated carbocycles. The number of aliphatic hydroxyl groups is 1. The van der Waals surface area contributed by atoms with Gasteiger partial charge in [0.15, 0.2) is 5.79 Å². The standard InChI is InChI=1S/C33H41NO5/c1-33(2)38-24-30(39-33)32(37-23-27-16-10-5-11-17-27)31(36-22-26-14-8-4-9-15-26)29-20-28(35)18-19-34(29)21-25-12-6-3-7-13-25/h3-17,28-32,35H,18-24H2,1-2H3/t28-,29+,30+,31-,32+/m0/s1. The molecule has 0 aliphatic carbocycles. The molecule has 6 nitrogen and oxygen atoms in total. The molecule has 0 bridgehead atoms. The Morgan fingerprint density at radius 1 is 0.821 bits per heavy atom. The summed E-state index contributed by atoms with van der Waals surface area (Å²) in [7, 11) is 0. The predicted octanol–water partition coefficient (Wildman–Crippen LogP) is 5.33. The normalized spacial score (nSPS) is 24.8. The van der Waals surface area contributed by atoms with Crippen molar-refractivity contribution in [1.29, 1.82) is 0 Å². The van der Waals surface area contributed by atoms with Gasteiger partial charge in [-0.05, 0) is 43.4 Å². The minimum absolute atomic E-state index is 0.0641. The van der Waals surface area contributed by atoms with Crippen molar-refractivity contribution >= 4 is 0 Å². The highest BCUT2D eigenvalue weighted by atomic mass is 16.8. The number of hydrogen-bond acceptors (Lipinski definition) is 6. The second kappa shape index (κ2) is 13.2. The van der Waals surface area contributed by atoms with Gasteiger partial charge in [-0.15, -0.1) is 0 Å².